The van der Waals surface area contributed by atoms with Crippen molar-refractivity contribution in [1.82, 2.24) is 15.5 Å². The van der Waals surface area contributed by atoms with Crippen molar-refractivity contribution < 1.29 is 9.21 Å². The summed E-state index contributed by atoms with van der Waals surface area (Å²) in [6.45, 7) is 4.57. The van der Waals surface area contributed by atoms with E-state index in [-0.39, 0.29) is 11.7 Å². The summed E-state index contributed by atoms with van der Waals surface area (Å²) < 4.78 is 5.60. The molecule has 0 unspecified atom stereocenters. The maximum Gasteiger partial charge on any atom is 0.277 e. The SMILES string of the molecule is Cc1ccc(-c2nnc(SCC(=O)NCc3ccccc3C)o2)cc1. The van der Waals surface area contributed by atoms with Crippen LogP contribution in [0, 0.1) is 13.8 Å². The molecule has 2 aromatic carbocycles. The van der Waals surface area contributed by atoms with Crippen LogP contribution in [-0.4, -0.2) is 21.9 Å². The Labute approximate surface area is 150 Å². The van der Waals surface area contributed by atoms with Gasteiger partial charge in [-0.2, -0.15) is 0 Å². The third-order valence-corrected chi connectivity index (χ3v) is 4.59. The number of aryl methyl sites for hydroxylation is 2. The summed E-state index contributed by atoms with van der Waals surface area (Å²) in [6, 6.07) is 15.8. The lowest BCUT2D eigenvalue weighted by molar-refractivity contribution is -0.118. The Bertz CT molecular complexity index is 859. The molecule has 0 spiro atoms. The minimum atomic E-state index is -0.0664. The number of nitrogens with zero attached hydrogens (tertiary/aromatic N) is 2. The number of nitrogens with one attached hydrogen (secondary N) is 1. The Morgan fingerprint density at radius 2 is 1.84 bits per heavy atom. The van der Waals surface area contributed by atoms with Gasteiger partial charge in [0.25, 0.3) is 5.22 Å². The molecule has 0 radical (unpaired) electrons. The van der Waals surface area contributed by atoms with Crippen molar-refractivity contribution in [3.8, 4) is 11.5 Å². The summed E-state index contributed by atoms with van der Waals surface area (Å²) in [5.41, 5.74) is 4.31. The third-order valence-electron chi connectivity index (χ3n) is 3.77. The highest BCUT2D eigenvalue weighted by molar-refractivity contribution is 7.99. The Morgan fingerprint density at radius 3 is 2.60 bits per heavy atom. The van der Waals surface area contributed by atoms with Gasteiger partial charge < -0.3 is 9.73 Å². The van der Waals surface area contributed by atoms with E-state index in [1.54, 1.807) is 0 Å². The van der Waals surface area contributed by atoms with E-state index in [9.17, 15) is 4.79 Å². The van der Waals surface area contributed by atoms with Gasteiger partial charge in [-0.15, -0.1) is 10.2 Å². The molecule has 1 amide bonds. The molecule has 1 heterocycles. The summed E-state index contributed by atoms with van der Waals surface area (Å²) in [5, 5.41) is 11.3. The largest absolute Gasteiger partial charge is 0.411 e. The van der Waals surface area contributed by atoms with Gasteiger partial charge in [0.15, 0.2) is 0 Å². The van der Waals surface area contributed by atoms with Crippen LogP contribution in [0.1, 0.15) is 16.7 Å². The number of hydrogen-bond donors (Lipinski definition) is 1. The van der Waals surface area contributed by atoms with Gasteiger partial charge in [-0.25, -0.2) is 0 Å². The van der Waals surface area contributed by atoms with E-state index in [1.807, 2.05) is 62.4 Å². The highest BCUT2D eigenvalue weighted by Crippen LogP contribution is 2.23. The summed E-state index contributed by atoms with van der Waals surface area (Å²) in [4.78, 5) is 12.0. The second-order valence-corrected chi connectivity index (χ2v) is 6.66. The van der Waals surface area contributed by atoms with E-state index >= 15 is 0 Å². The van der Waals surface area contributed by atoms with Gasteiger partial charge in [0.05, 0.1) is 5.75 Å². The van der Waals surface area contributed by atoms with Gasteiger partial charge in [0.1, 0.15) is 0 Å². The molecule has 6 heteroatoms. The predicted octanol–water partition coefficient (Wildman–Crippen LogP) is 3.76. The van der Waals surface area contributed by atoms with E-state index in [1.165, 1.54) is 17.3 Å². The highest BCUT2D eigenvalue weighted by Gasteiger charge is 2.11. The number of amides is 1. The van der Waals surface area contributed by atoms with E-state index in [0.717, 1.165) is 16.7 Å². The summed E-state index contributed by atoms with van der Waals surface area (Å²) in [7, 11) is 0. The normalized spacial score (nSPS) is 10.6. The van der Waals surface area contributed by atoms with Gasteiger partial charge in [-0.05, 0) is 37.1 Å². The fourth-order valence-corrected chi connectivity index (χ4v) is 2.85. The van der Waals surface area contributed by atoms with Crippen LogP contribution >= 0.6 is 11.8 Å². The van der Waals surface area contributed by atoms with Crippen molar-refractivity contribution >= 4 is 17.7 Å². The smallest absolute Gasteiger partial charge is 0.277 e. The number of rotatable bonds is 6. The standard InChI is InChI=1S/C19H19N3O2S/c1-13-7-9-15(10-8-13)18-21-22-19(24-18)25-12-17(23)20-11-16-6-4-3-5-14(16)2/h3-10H,11-12H2,1-2H3,(H,20,23). The molecule has 1 N–H and O–H groups in total. The molecule has 3 aromatic rings. The Hall–Kier alpha value is -2.60. The van der Waals surface area contributed by atoms with Crippen molar-refractivity contribution in [2.45, 2.75) is 25.6 Å². The fourth-order valence-electron chi connectivity index (χ4n) is 2.26. The molecule has 128 valence electrons. The molecule has 0 aliphatic carbocycles. The number of benzene rings is 2. The number of hydrogen-bond acceptors (Lipinski definition) is 5. The molecule has 1 aromatic heterocycles. The third kappa shape index (κ3) is 4.70. The molecular formula is C19H19N3O2S. The first-order valence-electron chi connectivity index (χ1n) is 7.96. The van der Waals surface area contributed by atoms with Crippen LogP contribution in [0.5, 0.6) is 0 Å². The van der Waals surface area contributed by atoms with Gasteiger partial charge in [-0.3, -0.25) is 4.79 Å². The van der Waals surface area contributed by atoms with E-state index in [0.29, 0.717) is 17.7 Å². The lowest BCUT2D eigenvalue weighted by atomic mass is 10.1. The maximum absolute atomic E-state index is 12.0. The molecule has 3 rings (SSSR count). The van der Waals surface area contributed by atoms with Crippen molar-refractivity contribution in [3.05, 3.63) is 65.2 Å². The number of aromatic nitrogens is 2. The topological polar surface area (TPSA) is 68.0 Å². The number of carbonyl (C=O) groups excluding carboxylic acids is 1. The minimum absolute atomic E-state index is 0.0664. The zero-order valence-electron chi connectivity index (χ0n) is 14.2. The molecular weight excluding hydrogens is 334 g/mol. The molecule has 0 aliphatic heterocycles. The molecule has 0 bridgehead atoms. The van der Waals surface area contributed by atoms with Crippen LogP contribution in [0.25, 0.3) is 11.5 Å². The lowest BCUT2D eigenvalue weighted by Gasteiger charge is -2.06. The second-order valence-electron chi connectivity index (χ2n) is 5.73. The molecule has 0 atom stereocenters. The Balaban J connectivity index is 1.51. The van der Waals surface area contributed by atoms with Crippen LogP contribution < -0.4 is 5.32 Å². The van der Waals surface area contributed by atoms with Gasteiger partial charge >= 0.3 is 0 Å². The quantitative estimate of drug-likeness (QED) is 0.683. The number of carbonyl (C=O) groups is 1. The Morgan fingerprint density at radius 1 is 1.08 bits per heavy atom. The van der Waals surface area contributed by atoms with Crippen LogP contribution in [-0.2, 0) is 11.3 Å². The van der Waals surface area contributed by atoms with Gasteiger partial charge in [0, 0.05) is 12.1 Å². The summed E-state index contributed by atoms with van der Waals surface area (Å²) >= 11 is 1.23. The minimum Gasteiger partial charge on any atom is -0.411 e. The molecule has 0 fully saturated rings. The van der Waals surface area contributed by atoms with Crippen LogP contribution in [0.4, 0.5) is 0 Å². The molecule has 0 saturated carbocycles. The van der Waals surface area contributed by atoms with Crippen molar-refractivity contribution in [1.29, 1.82) is 0 Å². The predicted molar refractivity (Wildman–Crippen MR) is 98.2 cm³/mol. The van der Waals surface area contributed by atoms with E-state index in [2.05, 4.69) is 15.5 Å². The second kappa shape index (κ2) is 7.98. The fraction of sp³-hybridized carbons (Fsp3) is 0.211. The lowest BCUT2D eigenvalue weighted by Crippen LogP contribution is -2.24. The van der Waals surface area contributed by atoms with Gasteiger partial charge in [0.2, 0.25) is 11.8 Å². The zero-order chi connectivity index (χ0) is 17.6. The van der Waals surface area contributed by atoms with Gasteiger partial charge in [-0.1, -0.05) is 53.7 Å². The molecule has 0 aliphatic rings. The van der Waals surface area contributed by atoms with E-state index in [4.69, 9.17) is 4.42 Å². The molecule has 25 heavy (non-hydrogen) atoms. The monoisotopic (exact) mass is 353 g/mol. The van der Waals surface area contributed by atoms with Crippen LogP contribution in [0.2, 0.25) is 0 Å². The van der Waals surface area contributed by atoms with Crippen molar-refractivity contribution in [2.24, 2.45) is 0 Å². The van der Waals surface area contributed by atoms with E-state index < -0.39 is 0 Å². The average Bonchev–Trinajstić information content (AvgIpc) is 3.09. The Kier molecular flexibility index (Phi) is 5.50. The van der Waals surface area contributed by atoms with Crippen molar-refractivity contribution in [2.75, 3.05) is 5.75 Å². The molecule has 5 nitrogen and oxygen atoms in total. The first-order valence-corrected chi connectivity index (χ1v) is 8.95. The summed E-state index contributed by atoms with van der Waals surface area (Å²) in [6.07, 6.45) is 0. The zero-order valence-corrected chi connectivity index (χ0v) is 15.0. The first-order chi connectivity index (χ1) is 12.1. The first kappa shape index (κ1) is 17.2. The average molecular weight is 353 g/mol. The maximum atomic E-state index is 12.0. The molecule has 0 saturated heterocycles. The summed E-state index contributed by atoms with van der Waals surface area (Å²) in [5.74, 6) is 0.632. The number of thioether (sulfide) groups is 1. The van der Waals surface area contributed by atoms with Crippen LogP contribution in [0.3, 0.4) is 0 Å². The van der Waals surface area contributed by atoms with Crippen molar-refractivity contribution in [3.63, 3.8) is 0 Å². The highest BCUT2D eigenvalue weighted by atomic mass is 32.2. The van der Waals surface area contributed by atoms with Crippen LogP contribution in [0.15, 0.2) is 58.2 Å².